The minimum atomic E-state index is -0.771. The summed E-state index contributed by atoms with van der Waals surface area (Å²) < 4.78 is 0. The monoisotopic (exact) mass is 435 g/mol. The van der Waals surface area contributed by atoms with Gasteiger partial charge in [0.05, 0.1) is 11.3 Å². The molecule has 0 spiro atoms. The number of benzene rings is 2. The molecule has 0 saturated carbocycles. The van der Waals surface area contributed by atoms with Crippen LogP contribution in [-0.2, 0) is 21.4 Å². The summed E-state index contributed by atoms with van der Waals surface area (Å²) in [6.45, 7) is 8.30. The number of carbonyl (C=O) groups is 3. The highest BCUT2D eigenvalue weighted by Crippen LogP contribution is 2.22. The molecule has 6 nitrogen and oxygen atoms in total. The van der Waals surface area contributed by atoms with E-state index in [-0.39, 0.29) is 11.3 Å². The minimum absolute atomic E-state index is 0.0938. The normalized spacial score (nSPS) is 14.0. The van der Waals surface area contributed by atoms with Crippen LogP contribution >= 0.6 is 0 Å². The van der Waals surface area contributed by atoms with Crippen LogP contribution in [0.5, 0.6) is 0 Å². The molecule has 0 unspecified atom stereocenters. The van der Waals surface area contributed by atoms with Crippen LogP contribution < -0.4 is 10.6 Å². The molecule has 2 aromatic rings. The van der Waals surface area contributed by atoms with Gasteiger partial charge in [-0.2, -0.15) is 0 Å². The Morgan fingerprint density at radius 2 is 1.53 bits per heavy atom. The first-order valence-electron chi connectivity index (χ1n) is 11.3. The number of likely N-dealkylation sites (tertiary alicyclic amines) is 1. The van der Waals surface area contributed by atoms with Crippen molar-refractivity contribution >= 4 is 23.4 Å². The fraction of sp³-hybridized carbons (Fsp3) is 0.423. The van der Waals surface area contributed by atoms with Crippen molar-refractivity contribution in [2.75, 3.05) is 25.0 Å². The molecule has 32 heavy (non-hydrogen) atoms. The summed E-state index contributed by atoms with van der Waals surface area (Å²) in [5.41, 5.74) is 3.21. The first-order chi connectivity index (χ1) is 15.3. The number of nitrogens with zero attached hydrogens (tertiary/aromatic N) is 1. The molecule has 3 rings (SSSR count). The predicted octanol–water partition coefficient (Wildman–Crippen LogP) is 3.91. The van der Waals surface area contributed by atoms with Crippen LogP contribution in [0.4, 0.5) is 5.69 Å². The van der Waals surface area contributed by atoms with Crippen LogP contribution in [0.15, 0.2) is 48.5 Å². The lowest BCUT2D eigenvalue weighted by Gasteiger charge is -2.27. The molecule has 1 aliphatic rings. The Balaban J connectivity index is 1.53. The molecule has 1 saturated heterocycles. The molecule has 0 aromatic heterocycles. The fourth-order valence-corrected chi connectivity index (χ4v) is 3.80. The van der Waals surface area contributed by atoms with Crippen LogP contribution in [-0.4, -0.2) is 42.3 Å². The second-order valence-corrected chi connectivity index (χ2v) is 9.31. The molecule has 1 fully saturated rings. The maximum Gasteiger partial charge on any atom is 0.313 e. The SMILES string of the molecule is CC(C)(C)c1ccc(CCNC(=O)C(=O)Nc2ccccc2C(=O)N2CCCCC2)cc1. The molecule has 0 atom stereocenters. The zero-order chi connectivity index (χ0) is 23.1. The zero-order valence-corrected chi connectivity index (χ0v) is 19.2. The summed E-state index contributed by atoms with van der Waals surface area (Å²) >= 11 is 0. The van der Waals surface area contributed by atoms with Crippen molar-refractivity contribution in [3.05, 3.63) is 65.2 Å². The smallest absolute Gasteiger partial charge is 0.313 e. The van der Waals surface area contributed by atoms with Gasteiger partial charge in [-0.1, -0.05) is 57.2 Å². The van der Waals surface area contributed by atoms with Crippen molar-refractivity contribution in [2.45, 2.75) is 51.9 Å². The number of amides is 3. The maximum atomic E-state index is 12.9. The summed E-state index contributed by atoms with van der Waals surface area (Å²) in [5, 5.41) is 5.27. The number of nitrogens with one attached hydrogen (secondary N) is 2. The van der Waals surface area contributed by atoms with Gasteiger partial charge in [0.15, 0.2) is 0 Å². The number of anilines is 1. The van der Waals surface area contributed by atoms with Crippen LogP contribution in [0, 0.1) is 0 Å². The average Bonchev–Trinajstić information content (AvgIpc) is 2.79. The van der Waals surface area contributed by atoms with Gasteiger partial charge in [0.2, 0.25) is 0 Å². The first kappa shape index (κ1) is 23.5. The van der Waals surface area contributed by atoms with Gasteiger partial charge in [-0.25, -0.2) is 0 Å². The Bertz CT molecular complexity index is 955. The molecule has 2 N–H and O–H groups in total. The lowest BCUT2D eigenvalue weighted by molar-refractivity contribution is -0.136. The lowest BCUT2D eigenvalue weighted by Crippen LogP contribution is -2.38. The van der Waals surface area contributed by atoms with E-state index in [4.69, 9.17) is 0 Å². The standard InChI is InChI=1S/C26H33N3O3/c1-26(2,3)20-13-11-19(12-14-20)15-16-27-23(30)24(31)28-22-10-6-5-9-21(22)25(32)29-17-7-4-8-18-29/h5-6,9-14H,4,7-8,15-18H2,1-3H3,(H,27,30)(H,28,31). The number of rotatable bonds is 5. The van der Waals surface area contributed by atoms with Gasteiger partial charge >= 0.3 is 11.8 Å². The van der Waals surface area contributed by atoms with E-state index in [1.165, 1.54) is 5.56 Å². The molecule has 6 heteroatoms. The number of hydrogen-bond donors (Lipinski definition) is 2. The molecular formula is C26H33N3O3. The number of piperidine rings is 1. The van der Waals surface area contributed by atoms with Gasteiger partial charge in [0.1, 0.15) is 0 Å². The Hall–Kier alpha value is -3.15. The van der Waals surface area contributed by atoms with E-state index in [1.54, 1.807) is 29.2 Å². The number of hydrogen-bond acceptors (Lipinski definition) is 3. The van der Waals surface area contributed by atoms with Crippen molar-refractivity contribution in [1.29, 1.82) is 0 Å². The summed E-state index contributed by atoms with van der Waals surface area (Å²) in [7, 11) is 0. The quantitative estimate of drug-likeness (QED) is 0.699. The van der Waals surface area contributed by atoms with Gasteiger partial charge < -0.3 is 15.5 Å². The lowest BCUT2D eigenvalue weighted by atomic mass is 9.86. The Kier molecular flexibility index (Phi) is 7.67. The van der Waals surface area contributed by atoms with Crippen molar-refractivity contribution in [3.63, 3.8) is 0 Å². The van der Waals surface area contributed by atoms with Gasteiger partial charge in [-0.05, 0) is 54.4 Å². The summed E-state index contributed by atoms with van der Waals surface area (Å²) in [4.78, 5) is 39.4. The average molecular weight is 436 g/mol. The topological polar surface area (TPSA) is 78.5 Å². The van der Waals surface area contributed by atoms with Crippen LogP contribution in [0.2, 0.25) is 0 Å². The highest BCUT2D eigenvalue weighted by atomic mass is 16.2. The highest BCUT2D eigenvalue weighted by Gasteiger charge is 2.22. The molecule has 0 bridgehead atoms. The zero-order valence-electron chi connectivity index (χ0n) is 19.2. The second-order valence-electron chi connectivity index (χ2n) is 9.31. The Morgan fingerprint density at radius 1 is 0.875 bits per heavy atom. The van der Waals surface area contributed by atoms with E-state index in [9.17, 15) is 14.4 Å². The van der Waals surface area contributed by atoms with Gasteiger partial charge in [-0.3, -0.25) is 14.4 Å². The van der Waals surface area contributed by atoms with Crippen LogP contribution in [0.1, 0.15) is 61.5 Å². The third-order valence-electron chi connectivity index (χ3n) is 5.77. The van der Waals surface area contributed by atoms with Crippen molar-refractivity contribution in [2.24, 2.45) is 0 Å². The van der Waals surface area contributed by atoms with E-state index in [0.717, 1.165) is 37.9 Å². The highest BCUT2D eigenvalue weighted by molar-refractivity contribution is 6.40. The van der Waals surface area contributed by atoms with Crippen LogP contribution in [0.25, 0.3) is 0 Å². The van der Waals surface area contributed by atoms with Gasteiger partial charge in [0.25, 0.3) is 5.91 Å². The molecular weight excluding hydrogens is 402 g/mol. The Morgan fingerprint density at radius 3 is 2.19 bits per heavy atom. The second kappa shape index (κ2) is 10.4. The van der Waals surface area contributed by atoms with E-state index in [1.807, 2.05) is 0 Å². The molecule has 0 radical (unpaired) electrons. The largest absolute Gasteiger partial charge is 0.347 e. The summed E-state index contributed by atoms with van der Waals surface area (Å²) in [6.07, 6.45) is 3.74. The molecule has 1 heterocycles. The van der Waals surface area contributed by atoms with E-state index in [2.05, 4.69) is 55.7 Å². The van der Waals surface area contributed by atoms with E-state index < -0.39 is 11.8 Å². The molecule has 3 amide bonds. The summed E-state index contributed by atoms with van der Waals surface area (Å²) in [6, 6.07) is 15.1. The van der Waals surface area contributed by atoms with E-state index in [0.29, 0.717) is 24.2 Å². The van der Waals surface area contributed by atoms with Crippen LogP contribution in [0.3, 0.4) is 0 Å². The molecule has 170 valence electrons. The third-order valence-corrected chi connectivity index (χ3v) is 5.77. The predicted molar refractivity (Wildman–Crippen MR) is 127 cm³/mol. The molecule has 1 aliphatic heterocycles. The maximum absolute atomic E-state index is 12.9. The fourth-order valence-electron chi connectivity index (χ4n) is 3.80. The minimum Gasteiger partial charge on any atom is -0.347 e. The van der Waals surface area contributed by atoms with Crippen molar-refractivity contribution in [1.82, 2.24) is 10.2 Å². The Labute approximate surface area is 190 Å². The van der Waals surface area contributed by atoms with Gasteiger partial charge in [0, 0.05) is 19.6 Å². The molecule has 2 aromatic carbocycles. The molecule has 0 aliphatic carbocycles. The van der Waals surface area contributed by atoms with E-state index >= 15 is 0 Å². The van der Waals surface area contributed by atoms with Crippen molar-refractivity contribution in [3.8, 4) is 0 Å². The first-order valence-corrected chi connectivity index (χ1v) is 11.3. The number of para-hydroxylation sites is 1. The van der Waals surface area contributed by atoms with Crippen molar-refractivity contribution < 1.29 is 14.4 Å². The number of carbonyl (C=O) groups excluding carboxylic acids is 3. The summed E-state index contributed by atoms with van der Waals surface area (Å²) in [5.74, 6) is -1.59. The van der Waals surface area contributed by atoms with Gasteiger partial charge in [-0.15, -0.1) is 0 Å². The third kappa shape index (κ3) is 6.19.